The molecule has 0 fully saturated rings. The topological polar surface area (TPSA) is 16.1 Å². The van der Waals surface area contributed by atoms with Gasteiger partial charge in [-0.3, -0.25) is 4.98 Å². The minimum Gasteiger partial charge on any atom is -0.328 e. The number of rotatable bonds is 4. The fourth-order valence-corrected chi connectivity index (χ4v) is 5.16. The van der Waals surface area contributed by atoms with Crippen molar-refractivity contribution in [1.29, 1.82) is 0 Å². The van der Waals surface area contributed by atoms with Crippen molar-refractivity contribution in [3.8, 4) is 33.5 Å². The molecule has 0 unspecified atom stereocenters. The van der Waals surface area contributed by atoms with Crippen molar-refractivity contribution in [3.05, 3.63) is 133 Å². The number of aromatic nitrogens is 1. The van der Waals surface area contributed by atoms with Gasteiger partial charge in [0.05, 0.1) is 5.52 Å². The number of para-hydroxylation sites is 2. The van der Waals surface area contributed by atoms with E-state index in [0.29, 0.717) is 0 Å². The third-order valence-electron chi connectivity index (χ3n) is 6.69. The zero-order valence-corrected chi connectivity index (χ0v) is 21.7. The van der Waals surface area contributed by atoms with Crippen LogP contribution in [0.4, 0.5) is 17.1 Å². The molecule has 1 aromatic heterocycles. The molecular formula is C33H21IrN2-. The molecule has 7 rings (SSSR count). The second-order valence-corrected chi connectivity index (χ2v) is 8.77. The van der Waals surface area contributed by atoms with Crippen molar-refractivity contribution in [2.75, 3.05) is 4.90 Å². The van der Waals surface area contributed by atoms with E-state index in [1.807, 2.05) is 18.2 Å². The van der Waals surface area contributed by atoms with Gasteiger partial charge in [0, 0.05) is 36.9 Å². The molecule has 0 bridgehead atoms. The van der Waals surface area contributed by atoms with Crippen LogP contribution in [0.15, 0.2) is 127 Å². The molecule has 5 aromatic carbocycles. The summed E-state index contributed by atoms with van der Waals surface area (Å²) < 4.78 is 0. The Balaban J connectivity index is 0.00000240. The van der Waals surface area contributed by atoms with Crippen molar-refractivity contribution in [2.45, 2.75) is 0 Å². The molecule has 0 atom stereocenters. The van der Waals surface area contributed by atoms with E-state index in [-0.39, 0.29) is 20.1 Å². The Kier molecular flexibility index (Phi) is 5.73. The van der Waals surface area contributed by atoms with Crippen LogP contribution in [0.1, 0.15) is 0 Å². The Morgan fingerprint density at radius 1 is 0.528 bits per heavy atom. The summed E-state index contributed by atoms with van der Waals surface area (Å²) >= 11 is 0. The SMILES string of the molecule is [Ir].[c-]1ccc(N(c2ccccc2)c2ccccc2)cc1-c1cc2c3c(cccc3n1)-c1ccccc1-2. The Morgan fingerprint density at radius 2 is 1.14 bits per heavy atom. The number of fused-ring (bicyclic) bond motifs is 3. The molecule has 1 radical (unpaired) electrons. The van der Waals surface area contributed by atoms with E-state index in [4.69, 9.17) is 4.98 Å². The Bertz CT molecular complexity index is 1650. The largest absolute Gasteiger partial charge is 0.328 e. The molecule has 1 aliphatic rings. The average molecular weight is 638 g/mol. The fraction of sp³-hybridized carbons (Fsp3) is 0. The summed E-state index contributed by atoms with van der Waals surface area (Å²) in [4.78, 5) is 7.35. The summed E-state index contributed by atoms with van der Waals surface area (Å²) in [5.41, 5.74) is 11.3. The maximum Gasteiger partial charge on any atom is 0.0607 e. The molecule has 1 heterocycles. The van der Waals surface area contributed by atoms with Crippen molar-refractivity contribution in [3.63, 3.8) is 0 Å². The van der Waals surface area contributed by atoms with Crippen molar-refractivity contribution < 1.29 is 20.1 Å². The van der Waals surface area contributed by atoms with Gasteiger partial charge in [0.25, 0.3) is 0 Å². The molecule has 0 spiro atoms. The van der Waals surface area contributed by atoms with E-state index in [1.165, 1.54) is 27.6 Å². The first-order valence-corrected chi connectivity index (χ1v) is 11.8. The zero-order chi connectivity index (χ0) is 23.2. The van der Waals surface area contributed by atoms with Gasteiger partial charge in [-0.2, -0.15) is 0 Å². The predicted octanol–water partition coefficient (Wildman–Crippen LogP) is 8.82. The Labute approximate surface area is 224 Å². The Morgan fingerprint density at radius 3 is 1.83 bits per heavy atom. The molecule has 0 saturated carbocycles. The van der Waals surface area contributed by atoms with E-state index < -0.39 is 0 Å². The third kappa shape index (κ3) is 3.65. The minimum atomic E-state index is 0. The summed E-state index contributed by atoms with van der Waals surface area (Å²) in [5.74, 6) is 0. The van der Waals surface area contributed by atoms with Gasteiger partial charge in [0.2, 0.25) is 0 Å². The fourth-order valence-electron chi connectivity index (χ4n) is 5.16. The number of benzene rings is 5. The van der Waals surface area contributed by atoms with E-state index in [2.05, 4.69) is 120 Å². The number of nitrogens with zero attached hydrogens (tertiary/aromatic N) is 2. The Hall–Kier alpha value is -4.04. The second kappa shape index (κ2) is 9.20. The summed E-state index contributed by atoms with van der Waals surface area (Å²) in [6.07, 6.45) is 0. The first-order chi connectivity index (χ1) is 17.4. The van der Waals surface area contributed by atoms with Gasteiger partial charge in [0.15, 0.2) is 0 Å². The summed E-state index contributed by atoms with van der Waals surface area (Å²) in [6.45, 7) is 0. The normalized spacial score (nSPS) is 11.1. The van der Waals surface area contributed by atoms with Crippen LogP contribution in [0, 0.1) is 6.07 Å². The first-order valence-electron chi connectivity index (χ1n) is 11.8. The summed E-state index contributed by atoms with van der Waals surface area (Å²) in [5, 5.41) is 1.24. The van der Waals surface area contributed by atoms with Crippen LogP contribution in [0.3, 0.4) is 0 Å². The molecule has 0 aliphatic heterocycles. The molecule has 36 heavy (non-hydrogen) atoms. The number of hydrogen-bond acceptors (Lipinski definition) is 2. The molecule has 6 aromatic rings. The zero-order valence-electron chi connectivity index (χ0n) is 19.4. The van der Waals surface area contributed by atoms with Gasteiger partial charge in [-0.15, -0.1) is 29.8 Å². The van der Waals surface area contributed by atoms with Crippen LogP contribution in [-0.2, 0) is 20.1 Å². The maximum atomic E-state index is 5.09. The quantitative estimate of drug-likeness (QED) is 0.179. The molecule has 173 valence electrons. The van der Waals surface area contributed by atoms with Gasteiger partial charge in [-0.25, -0.2) is 0 Å². The molecular weight excluding hydrogens is 617 g/mol. The van der Waals surface area contributed by atoms with Crippen molar-refractivity contribution in [1.82, 2.24) is 4.98 Å². The van der Waals surface area contributed by atoms with Crippen LogP contribution in [-0.4, -0.2) is 4.98 Å². The van der Waals surface area contributed by atoms with Crippen molar-refractivity contribution in [2.24, 2.45) is 0 Å². The van der Waals surface area contributed by atoms with Gasteiger partial charge < -0.3 is 4.90 Å². The maximum absolute atomic E-state index is 5.09. The van der Waals surface area contributed by atoms with Gasteiger partial charge in [-0.1, -0.05) is 78.9 Å². The molecule has 0 amide bonds. The molecule has 2 nitrogen and oxygen atoms in total. The molecule has 3 heteroatoms. The number of hydrogen-bond donors (Lipinski definition) is 0. The average Bonchev–Trinajstić information content (AvgIpc) is 3.25. The van der Waals surface area contributed by atoms with Gasteiger partial charge >= 0.3 is 0 Å². The van der Waals surface area contributed by atoms with E-state index in [9.17, 15) is 0 Å². The molecule has 1 aliphatic carbocycles. The minimum absolute atomic E-state index is 0. The van der Waals surface area contributed by atoms with Crippen molar-refractivity contribution >= 4 is 28.0 Å². The van der Waals surface area contributed by atoms with E-state index in [0.717, 1.165) is 33.8 Å². The van der Waals surface area contributed by atoms with Crippen LogP contribution >= 0.6 is 0 Å². The number of anilines is 3. The monoisotopic (exact) mass is 638 g/mol. The van der Waals surface area contributed by atoms with E-state index in [1.54, 1.807) is 0 Å². The summed E-state index contributed by atoms with van der Waals surface area (Å²) in [6, 6.07) is 47.9. The molecule has 0 N–H and O–H groups in total. The summed E-state index contributed by atoms with van der Waals surface area (Å²) in [7, 11) is 0. The third-order valence-corrected chi connectivity index (χ3v) is 6.69. The van der Waals surface area contributed by atoms with Gasteiger partial charge in [-0.05, 0) is 64.0 Å². The predicted molar refractivity (Wildman–Crippen MR) is 145 cm³/mol. The van der Waals surface area contributed by atoms with Crippen LogP contribution in [0.25, 0.3) is 44.4 Å². The second-order valence-electron chi connectivity index (χ2n) is 8.77. The smallest absolute Gasteiger partial charge is 0.0607 e. The first kappa shape index (κ1) is 22.4. The van der Waals surface area contributed by atoms with Gasteiger partial charge in [0.1, 0.15) is 0 Å². The van der Waals surface area contributed by atoms with Crippen LogP contribution < -0.4 is 4.90 Å². The van der Waals surface area contributed by atoms with Crippen LogP contribution in [0.5, 0.6) is 0 Å². The molecule has 0 saturated heterocycles. The van der Waals surface area contributed by atoms with Crippen LogP contribution in [0.2, 0.25) is 0 Å². The number of pyridine rings is 1. The standard InChI is InChI=1S/C33H21N2.Ir/c1-3-12-24(13-4-1)35(25-14-5-2-6-15-25)26-16-9-11-23(21-26)32-22-30-28-18-8-7-17-27(28)29-19-10-20-31(34-32)33(29)30;/h1-10,12-22H;/q-1;. The van der Waals surface area contributed by atoms with E-state index >= 15 is 0 Å².